The number of para-hydroxylation sites is 1. The van der Waals surface area contributed by atoms with Gasteiger partial charge in [0.2, 0.25) is 14.9 Å². The Balaban J connectivity index is 1.93. The quantitative estimate of drug-likeness (QED) is 0.545. The first-order valence-electron chi connectivity index (χ1n) is 10.4. The number of anilines is 1. The fourth-order valence-corrected chi connectivity index (χ4v) is 4.89. The van der Waals surface area contributed by atoms with Crippen molar-refractivity contribution in [1.29, 1.82) is 0 Å². The number of sulfone groups is 1. The van der Waals surface area contributed by atoms with Crippen molar-refractivity contribution in [3.05, 3.63) is 63.1 Å². The molecule has 0 saturated heterocycles. The molecule has 4 rings (SSSR count). The molecular formula is C23H24N2O6S. The number of aromatic nitrogens is 1. The molecule has 1 aliphatic rings. The maximum absolute atomic E-state index is 13.4. The summed E-state index contributed by atoms with van der Waals surface area (Å²) < 4.78 is 31.5. The molecule has 0 aliphatic heterocycles. The van der Waals surface area contributed by atoms with Crippen LogP contribution in [0.4, 0.5) is 5.69 Å². The van der Waals surface area contributed by atoms with Crippen LogP contribution in [0.25, 0.3) is 11.0 Å². The number of hydrogen-bond donors (Lipinski definition) is 2. The molecule has 1 aliphatic carbocycles. The molecule has 2 heterocycles. The zero-order valence-electron chi connectivity index (χ0n) is 18.0. The molecule has 168 valence electrons. The van der Waals surface area contributed by atoms with Gasteiger partial charge in [0.25, 0.3) is 0 Å². The van der Waals surface area contributed by atoms with Crippen molar-refractivity contribution >= 4 is 32.5 Å². The van der Waals surface area contributed by atoms with E-state index in [9.17, 15) is 23.1 Å². The molecule has 9 heteroatoms. The number of pyridine rings is 1. The van der Waals surface area contributed by atoms with E-state index in [0.717, 1.165) is 12.8 Å². The fraction of sp³-hybridized carbons (Fsp3) is 0.348. The Bertz CT molecular complexity index is 1390. The van der Waals surface area contributed by atoms with Crippen molar-refractivity contribution in [2.45, 2.75) is 50.7 Å². The van der Waals surface area contributed by atoms with Crippen LogP contribution < -0.4 is 10.7 Å². The highest BCUT2D eigenvalue weighted by atomic mass is 32.2. The third kappa shape index (κ3) is 3.88. The second kappa shape index (κ2) is 8.05. The number of aromatic carboxylic acids is 1. The van der Waals surface area contributed by atoms with Gasteiger partial charge in [-0.25, -0.2) is 13.2 Å². The van der Waals surface area contributed by atoms with Crippen molar-refractivity contribution in [1.82, 2.24) is 4.98 Å². The van der Waals surface area contributed by atoms with E-state index >= 15 is 0 Å². The van der Waals surface area contributed by atoms with Crippen molar-refractivity contribution in [2.75, 3.05) is 11.1 Å². The first kappa shape index (κ1) is 22.0. The summed E-state index contributed by atoms with van der Waals surface area (Å²) in [4.78, 5) is 29.5. The lowest BCUT2D eigenvalue weighted by atomic mass is 10.1. The number of rotatable bonds is 7. The highest BCUT2D eigenvalue weighted by molar-refractivity contribution is 7.91. The molecule has 1 fully saturated rings. The zero-order valence-corrected chi connectivity index (χ0v) is 18.8. The Morgan fingerprint density at radius 1 is 1.31 bits per heavy atom. The minimum Gasteiger partial charge on any atom is -0.478 e. The number of hydrogen-bond acceptors (Lipinski definition) is 7. The number of nitrogens with zero attached hydrogens (tertiary/aromatic N) is 1. The maximum Gasteiger partial charge on any atom is 0.337 e. The van der Waals surface area contributed by atoms with Crippen LogP contribution in [0.15, 0.2) is 44.6 Å². The van der Waals surface area contributed by atoms with Crippen LogP contribution >= 0.6 is 0 Å². The van der Waals surface area contributed by atoms with E-state index in [0.29, 0.717) is 17.1 Å². The van der Waals surface area contributed by atoms with Gasteiger partial charge in [0, 0.05) is 11.4 Å². The standard InChI is InChI=1S/C23H24N2O6S/c1-4-32(29,30)23-18(14-9-10-14)20(26)16-11-12(2)24-19(21(16)31-23)13(3)25-17-8-6-5-7-15(17)22(27)28/h5-8,11,13-14,25H,4,9-10H2,1-3H3,(H,27,28). The number of benzene rings is 1. The summed E-state index contributed by atoms with van der Waals surface area (Å²) in [6, 6.07) is 7.48. The van der Waals surface area contributed by atoms with Crippen molar-refractivity contribution in [2.24, 2.45) is 0 Å². The normalized spacial score (nSPS) is 15.0. The van der Waals surface area contributed by atoms with Gasteiger partial charge in [0.05, 0.1) is 28.3 Å². The van der Waals surface area contributed by atoms with E-state index < -0.39 is 21.8 Å². The maximum atomic E-state index is 13.4. The van der Waals surface area contributed by atoms with E-state index in [-0.39, 0.29) is 44.3 Å². The summed E-state index contributed by atoms with van der Waals surface area (Å²) in [5.41, 5.74) is 1.37. The predicted molar refractivity (Wildman–Crippen MR) is 120 cm³/mol. The molecule has 1 unspecified atom stereocenters. The van der Waals surface area contributed by atoms with Gasteiger partial charge in [0.15, 0.2) is 11.0 Å². The van der Waals surface area contributed by atoms with Gasteiger partial charge in [0.1, 0.15) is 5.69 Å². The third-order valence-electron chi connectivity index (χ3n) is 5.62. The minimum atomic E-state index is -3.77. The third-order valence-corrected chi connectivity index (χ3v) is 7.25. The number of carboxylic acids is 1. The summed E-state index contributed by atoms with van der Waals surface area (Å²) in [5.74, 6) is -1.38. The number of carbonyl (C=O) groups is 1. The summed E-state index contributed by atoms with van der Waals surface area (Å²) in [5, 5.41) is 12.6. The first-order chi connectivity index (χ1) is 15.1. The van der Waals surface area contributed by atoms with Crippen LogP contribution in [0.3, 0.4) is 0 Å². The molecule has 2 N–H and O–H groups in total. The average molecular weight is 457 g/mol. The van der Waals surface area contributed by atoms with E-state index in [1.165, 1.54) is 13.0 Å². The van der Waals surface area contributed by atoms with Crippen LogP contribution in [0.2, 0.25) is 0 Å². The molecule has 0 bridgehead atoms. The monoisotopic (exact) mass is 456 g/mol. The predicted octanol–water partition coefficient (Wildman–Crippen LogP) is 4.04. The fourth-order valence-electron chi connectivity index (χ4n) is 3.82. The highest BCUT2D eigenvalue weighted by Crippen LogP contribution is 2.42. The molecule has 0 amide bonds. The van der Waals surface area contributed by atoms with E-state index in [4.69, 9.17) is 4.42 Å². The topological polar surface area (TPSA) is 127 Å². The van der Waals surface area contributed by atoms with Gasteiger partial charge >= 0.3 is 5.97 Å². The van der Waals surface area contributed by atoms with Crippen LogP contribution in [0.1, 0.15) is 66.0 Å². The van der Waals surface area contributed by atoms with E-state index in [1.54, 1.807) is 38.1 Å². The molecule has 0 spiro atoms. The summed E-state index contributed by atoms with van der Waals surface area (Å²) in [6.07, 6.45) is 1.51. The average Bonchev–Trinajstić information content (AvgIpc) is 3.58. The number of nitrogens with one attached hydrogen (secondary N) is 1. The Labute approximate surface area is 185 Å². The molecule has 32 heavy (non-hydrogen) atoms. The molecular weight excluding hydrogens is 432 g/mol. The summed E-state index contributed by atoms with van der Waals surface area (Å²) in [7, 11) is -3.77. The minimum absolute atomic E-state index is 0.0861. The van der Waals surface area contributed by atoms with E-state index in [1.807, 2.05) is 0 Å². The van der Waals surface area contributed by atoms with Crippen molar-refractivity contribution in [3.63, 3.8) is 0 Å². The van der Waals surface area contributed by atoms with Gasteiger partial charge in [-0.1, -0.05) is 19.1 Å². The smallest absolute Gasteiger partial charge is 0.337 e. The SMILES string of the molecule is CCS(=O)(=O)c1oc2c(C(C)Nc3ccccc3C(=O)O)nc(C)cc2c(=O)c1C1CC1. The van der Waals surface area contributed by atoms with Crippen molar-refractivity contribution < 1.29 is 22.7 Å². The summed E-state index contributed by atoms with van der Waals surface area (Å²) in [6.45, 7) is 5.01. The van der Waals surface area contributed by atoms with Gasteiger partial charge in [-0.05, 0) is 50.8 Å². The largest absolute Gasteiger partial charge is 0.478 e. The molecule has 2 aromatic heterocycles. The second-order valence-electron chi connectivity index (χ2n) is 8.05. The Morgan fingerprint density at radius 3 is 2.62 bits per heavy atom. The van der Waals surface area contributed by atoms with Crippen LogP contribution in [0.5, 0.6) is 0 Å². The van der Waals surface area contributed by atoms with Crippen LogP contribution in [-0.4, -0.2) is 30.2 Å². The second-order valence-corrected chi connectivity index (χ2v) is 10.2. The van der Waals surface area contributed by atoms with Gasteiger partial charge in [-0.2, -0.15) is 0 Å². The molecule has 3 aromatic rings. The molecule has 0 radical (unpaired) electrons. The van der Waals surface area contributed by atoms with Crippen LogP contribution in [0, 0.1) is 6.92 Å². The van der Waals surface area contributed by atoms with Crippen molar-refractivity contribution in [3.8, 4) is 0 Å². The lowest BCUT2D eigenvalue weighted by Gasteiger charge is -2.19. The molecule has 1 aromatic carbocycles. The highest BCUT2D eigenvalue weighted by Gasteiger charge is 2.36. The van der Waals surface area contributed by atoms with Gasteiger partial charge < -0.3 is 14.8 Å². The summed E-state index contributed by atoms with van der Waals surface area (Å²) >= 11 is 0. The molecule has 1 saturated carbocycles. The zero-order chi connectivity index (χ0) is 23.2. The lowest BCUT2D eigenvalue weighted by Crippen LogP contribution is -2.19. The van der Waals surface area contributed by atoms with Gasteiger partial charge in [-0.3, -0.25) is 9.78 Å². The molecule has 1 atom stereocenters. The van der Waals surface area contributed by atoms with E-state index in [2.05, 4.69) is 10.3 Å². The van der Waals surface area contributed by atoms with Gasteiger partial charge in [-0.15, -0.1) is 0 Å². The number of fused-ring (bicyclic) bond motifs is 1. The Morgan fingerprint density at radius 2 is 2.00 bits per heavy atom. The Hall–Kier alpha value is -3.20. The number of carboxylic acid groups (broad SMARTS) is 1. The molecule has 8 nitrogen and oxygen atoms in total. The lowest BCUT2D eigenvalue weighted by molar-refractivity contribution is 0.0698. The number of aryl methyl sites for hydroxylation is 1. The van der Waals surface area contributed by atoms with Crippen LogP contribution in [-0.2, 0) is 9.84 Å². The first-order valence-corrected chi connectivity index (χ1v) is 12.1. The Kier molecular flexibility index (Phi) is 5.54.